The molecule has 2 rings (SSSR count). The third-order valence-corrected chi connectivity index (χ3v) is 4.91. The highest BCUT2D eigenvalue weighted by atomic mass is 16.5. The van der Waals surface area contributed by atoms with E-state index in [1.807, 2.05) is 52.0 Å². The van der Waals surface area contributed by atoms with Gasteiger partial charge in [-0.1, -0.05) is 26.0 Å². The average molecular weight is 290 g/mol. The van der Waals surface area contributed by atoms with E-state index in [0.29, 0.717) is 13.0 Å². The number of likely N-dealkylation sites (N-methyl/N-ethyl adjacent to an activating group) is 1. The largest absolute Gasteiger partial charge is 0.378 e. The summed E-state index contributed by atoms with van der Waals surface area (Å²) in [7, 11) is 1.79. The maximum atomic E-state index is 12.9. The van der Waals surface area contributed by atoms with Crippen LogP contribution < -0.4 is 10.6 Å². The van der Waals surface area contributed by atoms with Crippen LogP contribution in [0, 0.1) is 12.3 Å². The molecule has 0 radical (unpaired) electrons. The van der Waals surface area contributed by atoms with Crippen LogP contribution in [-0.4, -0.2) is 31.2 Å². The average Bonchev–Trinajstić information content (AvgIpc) is 2.45. The maximum Gasteiger partial charge on any atom is 0.247 e. The lowest BCUT2D eigenvalue weighted by Crippen LogP contribution is -2.76. The zero-order valence-electron chi connectivity index (χ0n) is 13.6. The summed E-state index contributed by atoms with van der Waals surface area (Å²) in [5, 5.41) is 0. The Morgan fingerprint density at radius 1 is 1.48 bits per heavy atom. The lowest BCUT2D eigenvalue weighted by Gasteiger charge is -2.58. The Kier molecular flexibility index (Phi) is 4.13. The summed E-state index contributed by atoms with van der Waals surface area (Å²) < 4.78 is 5.69. The van der Waals surface area contributed by atoms with E-state index < -0.39 is 5.54 Å². The molecular formula is C17H26N2O2. The van der Waals surface area contributed by atoms with Crippen LogP contribution in [0.5, 0.6) is 0 Å². The Hall–Kier alpha value is -1.39. The van der Waals surface area contributed by atoms with Crippen molar-refractivity contribution in [1.82, 2.24) is 0 Å². The van der Waals surface area contributed by atoms with Gasteiger partial charge >= 0.3 is 0 Å². The van der Waals surface area contributed by atoms with E-state index in [1.165, 1.54) is 0 Å². The highest BCUT2D eigenvalue weighted by Crippen LogP contribution is 2.50. The molecule has 1 amide bonds. The Balaban J connectivity index is 2.20. The first-order valence-corrected chi connectivity index (χ1v) is 7.49. The van der Waals surface area contributed by atoms with Crippen molar-refractivity contribution in [2.75, 3.05) is 18.6 Å². The van der Waals surface area contributed by atoms with Crippen molar-refractivity contribution in [2.45, 2.75) is 45.8 Å². The number of anilines is 1. The lowest BCUT2D eigenvalue weighted by molar-refractivity contribution is -0.168. The number of carbonyl (C=O) groups excluding carboxylic acids is 1. The summed E-state index contributed by atoms with van der Waals surface area (Å²) in [6, 6.07) is 7.89. The molecule has 2 atom stereocenters. The molecule has 0 spiro atoms. The van der Waals surface area contributed by atoms with Crippen LogP contribution in [0.25, 0.3) is 0 Å². The van der Waals surface area contributed by atoms with Crippen LogP contribution in [0.1, 0.15) is 32.8 Å². The Morgan fingerprint density at radius 3 is 2.67 bits per heavy atom. The second-order valence-corrected chi connectivity index (χ2v) is 6.54. The van der Waals surface area contributed by atoms with Gasteiger partial charge in [0.25, 0.3) is 0 Å². The SMILES string of the molecule is CCOC1CC(N)(C(=O)N(C)c2cccc(C)c2)C1(C)C. The quantitative estimate of drug-likeness (QED) is 0.927. The van der Waals surface area contributed by atoms with Gasteiger partial charge in [0.05, 0.1) is 6.10 Å². The minimum atomic E-state index is -0.870. The first-order valence-electron chi connectivity index (χ1n) is 7.49. The van der Waals surface area contributed by atoms with Gasteiger partial charge in [0.15, 0.2) is 0 Å². The highest BCUT2D eigenvalue weighted by Gasteiger charge is 2.63. The zero-order valence-corrected chi connectivity index (χ0v) is 13.6. The van der Waals surface area contributed by atoms with Gasteiger partial charge in [0, 0.05) is 31.2 Å². The number of ether oxygens (including phenoxy) is 1. The van der Waals surface area contributed by atoms with E-state index >= 15 is 0 Å². The molecule has 1 fully saturated rings. The Labute approximate surface area is 127 Å². The second-order valence-electron chi connectivity index (χ2n) is 6.54. The van der Waals surface area contributed by atoms with Crippen molar-refractivity contribution in [3.63, 3.8) is 0 Å². The minimum absolute atomic E-state index is 0.0439. The number of amides is 1. The summed E-state index contributed by atoms with van der Waals surface area (Å²) in [6.45, 7) is 8.65. The molecule has 4 nitrogen and oxygen atoms in total. The number of rotatable bonds is 4. The molecule has 1 aromatic rings. The smallest absolute Gasteiger partial charge is 0.247 e. The summed E-state index contributed by atoms with van der Waals surface area (Å²) in [6.07, 6.45) is 0.616. The second kappa shape index (κ2) is 5.43. The monoisotopic (exact) mass is 290 g/mol. The number of aryl methyl sites for hydroxylation is 1. The summed E-state index contributed by atoms with van der Waals surface area (Å²) in [5.74, 6) is -0.0472. The first kappa shape index (κ1) is 16.0. The van der Waals surface area contributed by atoms with Crippen molar-refractivity contribution < 1.29 is 9.53 Å². The number of nitrogens with zero attached hydrogens (tertiary/aromatic N) is 1. The molecule has 1 aliphatic rings. The van der Waals surface area contributed by atoms with Gasteiger partial charge in [-0.3, -0.25) is 4.79 Å². The number of hydrogen-bond acceptors (Lipinski definition) is 3. The van der Waals surface area contributed by atoms with Gasteiger partial charge in [0.1, 0.15) is 5.54 Å². The van der Waals surface area contributed by atoms with Gasteiger partial charge in [-0.2, -0.15) is 0 Å². The summed E-state index contributed by atoms with van der Waals surface area (Å²) >= 11 is 0. The molecule has 0 aliphatic heterocycles. The molecular weight excluding hydrogens is 264 g/mol. The number of nitrogens with two attached hydrogens (primary N) is 1. The number of hydrogen-bond donors (Lipinski definition) is 1. The standard InChI is InChI=1S/C17H26N2O2/c1-6-21-14-11-17(18,16(14,3)4)15(20)19(5)13-9-7-8-12(2)10-13/h7-10,14H,6,11,18H2,1-5H3. The fraction of sp³-hybridized carbons (Fsp3) is 0.588. The third-order valence-electron chi connectivity index (χ3n) is 4.91. The number of benzene rings is 1. The Morgan fingerprint density at radius 2 is 2.14 bits per heavy atom. The topological polar surface area (TPSA) is 55.6 Å². The van der Waals surface area contributed by atoms with Gasteiger partial charge in [-0.15, -0.1) is 0 Å². The van der Waals surface area contributed by atoms with E-state index in [9.17, 15) is 4.79 Å². The summed E-state index contributed by atoms with van der Waals surface area (Å²) in [4.78, 5) is 14.5. The maximum absolute atomic E-state index is 12.9. The molecule has 0 saturated heterocycles. The van der Waals surface area contributed by atoms with Crippen LogP contribution in [0.2, 0.25) is 0 Å². The van der Waals surface area contributed by atoms with Crippen molar-refractivity contribution >= 4 is 11.6 Å². The zero-order chi connectivity index (χ0) is 15.8. The molecule has 116 valence electrons. The summed E-state index contributed by atoms with van der Waals surface area (Å²) in [5.41, 5.74) is 7.22. The van der Waals surface area contributed by atoms with Gasteiger partial charge in [-0.25, -0.2) is 0 Å². The minimum Gasteiger partial charge on any atom is -0.378 e. The normalized spacial score (nSPS) is 27.0. The van der Waals surface area contributed by atoms with E-state index in [1.54, 1.807) is 11.9 Å². The molecule has 0 bridgehead atoms. The number of carbonyl (C=O) groups is 1. The van der Waals surface area contributed by atoms with E-state index in [4.69, 9.17) is 10.5 Å². The van der Waals surface area contributed by atoms with Crippen molar-refractivity contribution in [2.24, 2.45) is 11.1 Å². The van der Waals surface area contributed by atoms with Gasteiger partial charge < -0.3 is 15.4 Å². The molecule has 1 saturated carbocycles. The molecule has 21 heavy (non-hydrogen) atoms. The van der Waals surface area contributed by atoms with Crippen LogP contribution in [0.15, 0.2) is 24.3 Å². The molecule has 0 heterocycles. The van der Waals surface area contributed by atoms with E-state index in [0.717, 1.165) is 11.3 Å². The molecule has 4 heteroatoms. The fourth-order valence-corrected chi connectivity index (χ4v) is 3.05. The Bertz CT molecular complexity index is 541. The van der Waals surface area contributed by atoms with Gasteiger partial charge in [0.2, 0.25) is 5.91 Å². The van der Waals surface area contributed by atoms with Crippen molar-refractivity contribution in [1.29, 1.82) is 0 Å². The van der Waals surface area contributed by atoms with Crippen LogP contribution >= 0.6 is 0 Å². The predicted octanol–water partition coefficient (Wildman–Crippen LogP) is 2.49. The predicted molar refractivity (Wildman–Crippen MR) is 85.3 cm³/mol. The molecule has 1 aromatic carbocycles. The van der Waals surface area contributed by atoms with Crippen LogP contribution in [0.4, 0.5) is 5.69 Å². The molecule has 2 N–H and O–H groups in total. The van der Waals surface area contributed by atoms with Crippen LogP contribution in [-0.2, 0) is 9.53 Å². The molecule has 1 aliphatic carbocycles. The molecule has 0 aromatic heterocycles. The van der Waals surface area contributed by atoms with Crippen molar-refractivity contribution in [3.8, 4) is 0 Å². The molecule has 2 unspecified atom stereocenters. The van der Waals surface area contributed by atoms with Crippen molar-refractivity contribution in [3.05, 3.63) is 29.8 Å². The third kappa shape index (κ3) is 2.47. The van der Waals surface area contributed by atoms with Crippen LogP contribution in [0.3, 0.4) is 0 Å². The lowest BCUT2D eigenvalue weighted by atomic mass is 9.54. The van der Waals surface area contributed by atoms with E-state index in [2.05, 4.69) is 0 Å². The highest BCUT2D eigenvalue weighted by molar-refractivity contribution is 6.01. The van der Waals surface area contributed by atoms with Gasteiger partial charge in [-0.05, 0) is 31.5 Å². The fourth-order valence-electron chi connectivity index (χ4n) is 3.05. The van der Waals surface area contributed by atoms with E-state index in [-0.39, 0.29) is 17.4 Å². The first-order chi connectivity index (χ1) is 9.74.